The van der Waals surface area contributed by atoms with Gasteiger partial charge in [-0.2, -0.15) is 5.10 Å². The number of aliphatic hydroxyl groups is 1. The maximum Gasteiger partial charge on any atom is 0.252 e. The van der Waals surface area contributed by atoms with E-state index in [1.54, 1.807) is 35.0 Å². The average Bonchev–Trinajstić information content (AvgIpc) is 3.13. The van der Waals surface area contributed by atoms with Crippen molar-refractivity contribution in [1.29, 1.82) is 0 Å². The van der Waals surface area contributed by atoms with Crippen molar-refractivity contribution in [3.8, 4) is 23.1 Å². The number of benzene rings is 1. The predicted molar refractivity (Wildman–Crippen MR) is 114 cm³/mol. The summed E-state index contributed by atoms with van der Waals surface area (Å²) >= 11 is 0. The van der Waals surface area contributed by atoms with Crippen LogP contribution in [0.3, 0.4) is 0 Å². The molecule has 0 aliphatic rings. The number of carbonyl (C=O) groups is 1. The number of hydrogen-bond acceptors (Lipinski definition) is 7. The molecule has 0 aliphatic heterocycles. The highest BCUT2D eigenvalue weighted by Crippen LogP contribution is 2.36. The van der Waals surface area contributed by atoms with E-state index in [0.29, 0.717) is 28.6 Å². The Morgan fingerprint density at radius 3 is 2.42 bits per heavy atom. The van der Waals surface area contributed by atoms with Crippen LogP contribution in [0.2, 0.25) is 0 Å². The summed E-state index contributed by atoms with van der Waals surface area (Å²) < 4.78 is 17.9. The highest BCUT2D eigenvalue weighted by atomic mass is 16.5. The van der Waals surface area contributed by atoms with Gasteiger partial charge < -0.3 is 24.6 Å². The first-order valence-corrected chi connectivity index (χ1v) is 9.72. The molecule has 0 spiro atoms. The molecule has 0 aliphatic carbocycles. The fraction of sp³-hybridized carbons (Fsp3) is 0.318. The molecule has 2 aromatic heterocycles. The predicted octanol–water partition coefficient (Wildman–Crippen LogP) is 2.07. The van der Waals surface area contributed by atoms with Gasteiger partial charge >= 0.3 is 0 Å². The molecule has 1 unspecified atom stereocenters. The van der Waals surface area contributed by atoms with Gasteiger partial charge in [-0.1, -0.05) is 6.07 Å². The van der Waals surface area contributed by atoms with E-state index in [9.17, 15) is 9.90 Å². The minimum absolute atomic E-state index is 0.00943. The fourth-order valence-corrected chi connectivity index (χ4v) is 3.02. The molecular formula is C22H26N4O5. The number of nitrogens with zero attached hydrogens (tertiary/aromatic N) is 3. The summed E-state index contributed by atoms with van der Waals surface area (Å²) in [6.45, 7) is 3.80. The third kappa shape index (κ3) is 5.32. The van der Waals surface area contributed by atoms with Crippen LogP contribution in [-0.2, 0) is 0 Å². The largest absolute Gasteiger partial charge is 0.493 e. The van der Waals surface area contributed by atoms with Gasteiger partial charge in [-0.05, 0) is 44.2 Å². The summed E-state index contributed by atoms with van der Waals surface area (Å²) in [6.07, 6.45) is 0.546. The highest BCUT2D eigenvalue weighted by Gasteiger charge is 2.15. The Balaban J connectivity index is 1.54. The van der Waals surface area contributed by atoms with Crippen molar-refractivity contribution in [2.75, 3.05) is 27.4 Å². The van der Waals surface area contributed by atoms with Gasteiger partial charge in [-0.15, -0.1) is 0 Å². The number of ether oxygens (including phenoxy) is 3. The molecule has 0 saturated heterocycles. The number of rotatable bonds is 9. The molecule has 0 bridgehead atoms. The van der Waals surface area contributed by atoms with Gasteiger partial charge in [0.05, 0.1) is 25.5 Å². The molecule has 9 nitrogen and oxygen atoms in total. The lowest BCUT2D eigenvalue weighted by atomic mass is 10.2. The third-order valence-corrected chi connectivity index (χ3v) is 4.54. The highest BCUT2D eigenvalue weighted by molar-refractivity contribution is 5.93. The van der Waals surface area contributed by atoms with Gasteiger partial charge in [-0.25, -0.2) is 9.67 Å². The minimum Gasteiger partial charge on any atom is -0.493 e. The van der Waals surface area contributed by atoms with E-state index in [1.165, 1.54) is 20.4 Å². The zero-order valence-electron chi connectivity index (χ0n) is 18.0. The van der Waals surface area contributed by atoms with E-state index in [4.69, 9.17) is 14.2 Å². The van der Waals surface area contributed by atoms with E-state index in [-0.39, 0.29) is 19.1 Å². The topological polar surface area (TPSA) is 108 Å². The quantitative estimate of drug-likeness (QED) is 0.539. The van der Waals surface area contributed by atoms with E-state index >= 15 is 0 Å². The van der Waals surface area contributed by atoms with Gasteiger partial charge in [0, 0.05) is 18.4 Å². The number of amides is 1. The smallest absolute Gasteiger partial charge is 0.252 e. The second-order valence-corrected chi connectivity index (χ2v) is 6.91. The van der Waals surface area contributed by atoms with E-state index in [2.05, 4.69) is 15.4 Å². The standard InChI is InChI=1S/C22H26N4O5/c1-14-10-15(2)26(25-14)20-9-8-16(11-23-20)22(28)24-12-17(27)13-31-21-18(29-3)6-5-7-19(21)30-4/h5-11,17,27H,12-13H2,1-4H3,(H,24,28). The molecule has 1 atom stereocenters. The van der Waals surface area contributed by atoms with Gasteiger partial charge in [0.1, 0.15) is 12.7 Å². The van der Waals surface area contributed by atoms with E-state index in [0.717, 1.165) is 11.4 Å². The van der Waals surface area contributed by atoms with Gasteiger partial charge in [0.2, 0.25) is 5.75 Å². The van der Waals surface area contributed by atoms with Gasteiger partial charge in [-0.3, -0.25) is 4.79 Å². The molecule has 3 aromatic rings. The second kappa shape index (κ2) is 9.94. The van der Waals surface area contributed by atoms with Crippen molar-refractivity contribution in [2.24, 2.45) is 0 Å². The Morgan fingerprint density at radius 2 is 1.87 bits per heavy atom. The second-order valence-electron chi connectivity index (χ2n) is 6.91. The number of methoxy groups -OCH3 is 2. The van der Waals surface area contributed by atoms with Crippen LogP contribution in [0.5, 0.6) is 17.2 Å². The first-order valence-electron chi connectivity index (χ1n) is 9.72. The maximum absolute atomic E-state index is 12.4. The number of aliphatic hydroxyl groups excluding tert-OH is 1. The zero-order chi connectivity index (χ0) is 22.4. The number of carbonyl (C=O) groups excluding carboxylic acids is 1. The van der Waals surface area contributed by atoms with Crippen molar-refractivity contribution in [2.45, 2.75) is 20.0 Å². The molecule has 0 radical (unpaired) electrons. The molecule has 1 aromatic carbocycles. The van der Waals surface area contributed by atoms with Gasteiger partial charge in [0.15, 0.2) is 17.3 Å². The molecule has 9 heteroatoms. The Labute approximate surface area is 180 Å². The lowest BCUT2D eigenvalue weighted by Crippen LogP contribution is -2.35. The molecule has 0 fully saturated rings. The van der Waals surface area contributed by atoms with Crippen LogP contribution >= 0.6 is 0 Å². The van der Waals surface area contributed by atoms with Crippen molar-refractivity contribution in [1.82, 2.24) is 20.1 Å². The summed E-state index contributed by atoms with van der Waals surface area (Å²) in [4.78, 5) is 16.7. The maximum atomic E-state index is 12.4. The zero-order valence-corrected chi connectivity index (χ0v) is 18.0. The summed E-state index contributed by atoms with van der Waals surface area (Å²) in [5.41, 5.74) is 2.23. The molecule has 164 valence electrons. The van der Waals surface area contributed by atoms with Crippen molar-refractivity contribution in [3.63, 3.8) is 0 Å². The summed E-state index contributed by atoms with van der Waals surface area (Å²) in [5.74, 6) is 1.65. The van der Waals surface area contributed by atoms with E-state index in [1.807, 2.05) is 19.9 Å². The number of aromatic nitrogens is 3. The number of nitrogens with one attached hydrogen (secondary N) is 1. The molecule has 2 N–H and O–H groups in total. The Kier molecular flexibility index (Phi) is 7.09. The number of hydrogen-bond donors (Lipinski definition) is 2. The molecule has 0 saturated carbocycles. The number of aryl methyl sites for hydroxylation is 2. The van der Waals surface area contributed by atoms with Crippen LogP contribution in [0.1, 0.15) is 21.7 Å². The van der Waals surface area contributed by atoms with Gasteiger partial charge in [0.25, 0.3) is 5.91 Å². The first-order chi connectivity index (χ1) is 14.9. The molecule has 1 amide bonds. The average molecular weight is 426 g/mol. The van der Waals surface area contributed by atoms with Crippen LogP contribution in [0.4, 0.5) is 0 Å². The Bertz CT molecular complexity index is 1010. The lowest BCUT2D eigenvalue weighted by molar-refractivity contribution is 0.0833. The SMILES string of the molecule is COc1cccc(OC)c1OCC(O)CNC(=O)c1ccc(-n2nc(C)cc2C)nc1. The summed E-state index contributed by atoms with van der Waals surface area (Å²) in [5, 5.41) is 17.3. The first kappa shape index (κ1) is 22.1. The van der Waals surface area contributed by atoms with Crippen LogP contribution < -0.4 is 19.5 Å². The third-order valence-electron chi connectivity index (χ3n) is 4.54. The number of pyridine rings is 1. The molecule has 3 rings (SSSR count). The van der Waals surface area contributed by atoms with Crippen LogP contribution in [0.25, 0.3) is 5.82 Å². The number of para-hydroxylation sites is 1. The van der Waals surface area contributed by atoms with Crippen LogP contribution in [0.15, 0.2) is 42.6 Å². The van der Waals surface area contributed by atoms with Crippen molar-refractivity contribution >= 4 is 5.91 Å². The lowest BCUT2D eigenvalue weighted by Gasteiger charge is -2.17. The van der Waals surface area contributed by atoms with Crippen LogP contribution in [-0.4, -0.2) is 59.3 Å². The van der Waals surface area contributed by atoms with Crippen molar-refractivity contribution < 1.29 is 24.1 Å². The van der Waals surface area contributed by atoms with Crippen LogP contribution in [0, 0.1) is 13.8 Å². The summed E-state index contributed by atoms with van der Waals surface area (Å²) in [6, 6.07) is 10.6. The van der Waals surface area contributed by atoms with E-state index < -0.39 is 6.10 Å². The fourth-order valence-electron chi connectivity index (χ4n) is 3.02. The molecule has 2 heterocycles. The Hall–Kier alpha value is -3.59. The normalized spacial score (nSPS) is 11.6. The minimum atomic E-state index is -0.930. The summed E-state index contributed by atoms with van der Waals surface area (Å²) in [7, 11) is 3.04. The monoisotopic (exact) mass is 426 g/mol. The molecular weight excluding hydrogens is 400 g/mol. The van der Waals surface area contributed by atoms with Crippen molar-refractivity contribution in [3.05, 3.63) is 59.5 Å². The Morgan fingerprint density at radius 1 is 1.16 bits per heavy atom. The molecule has 31 heavy (non-hydrogen) atoms.